The van der Waals surface area contributed by atoms with E-state index in [1.807, 2.05) is 47.4 Å². The van der Waals surface area contributed by atoms with Crippen molar-refractivity contribution in [2.24, 2.45) is 0 Å². The highest BCUT2D eigenvalue weighted by molar-refractivity contribution is 5.97. The van der Waals surface area contributed by atoms with Crippen LogP contribution < -0.4 is 9.64 Å². The Bertz CT molecular complexity index is 1300. The zero-order chi connectivity index (χ0) is 26.1. The van der Waals surface area contributed by atoms with Gasteiger partial charge >= 0.3 is 0 Å². The average Bonchev–Trinajstić information content (AvgIpc) is 3.21. The number of amides is 2. The second-order valence-corrected chi connectivity index (χ2v) is 10.6. The summed E-state index contributed by atoms with van der Waals surface area (Å²) in [7, 11) is 0. The van der Waals surface area contributed by atoms with E-state index in [9.17, 15) is 9.59 Å². The third-order valence-electron chi connectivity index (χ3n) is 8.23. The van der Waals surface area contributed by atoms with Gasteiger partial charge in [0.2, 0.25) is 5.91 Å². The van der Waals surface area contributed by atoms with E-state index < -0.39 is 5.54 Å². The molecule has 0 atom stereocenters. The standard InChI is InChI=1S/C31H34N4O3/c1-24-11-13-25(14-12-24)21-34-22-35(26-7-3-2-4-8-26)31(30(34)37)15-17-32(18-16-31)19-20-33-23-38-28-10-6-5-9-27(28)29(33)36/h2-14H,15-23H2,1H3. The maximum absolute atomic E-state index is 14.0. The number of hydrogen-bond acceptors (Lipinski definition) is 5. The molecule has 0 bridgehead atoms. The van der Waals surface area contributed by atoms with E-state index in [0.717, 1.165) is 43.7 Å². The molecular formula is C31H34N4O3. The smallest absolute Gasteiger partial charge is 0.260 e. The van der Waals surface area contributed by atoms with Crippen molar-refractivity contribution < 1.29 is 14.3 Å². The van der Waals surface area contributed by atoms with E-state index >= 15 is 0 Å². The average molecular weight is 511 g/mol. The molecule has 3 heterocycles. The van der Waals surface area contributed by atoms with Crippen molar-refractivity contribution in [2.45, 2.75) is 31.8 Å². The van der Waals surface area contributed by atoms with E-state index in [-0.39, 0.29) is 18.5 Å². The number of benzene rings is 3. The molecule has 0 unspecified atom stereocenters. The molecule has 2 fully saturated rings. The first-order chi connectivity index (χ1) is 18.5. The first-order valence-corrected chi connectivity index (χ1v) is 13.4. The minimum Gasteiger partial charge on any atom is -0.472 e. The largest absolute Gasteiger partial charge is 0.472 e. The molecule has 3 aliphatic rings. The molecule has 0 N–H and O–H groups in total. The highest BCUT2D eigenvalue weighted by Gasteiger charge is 2.53. The van der Waals surface area contributed by atoms with Crippen LogP contribution in [0.5, 0.6) is 5.75 Å². The molecule has 7 nitrogen and oxygen atoms in total. The molecule has 3 aromatic carbocycles. The first-order valence-electron chi connectivity index (χ1n) is 13.4. The number of piperidine rings is 1. The van der Waals surface area contributed by atoms with Crippen LogP contribution in [0.4, 0.5) is 5.69 Å². The van der Waals surface area contributed by atoms with Gasteiger partial charge in [0.05, 0.1) is 12.2 Å². The fraction of sp³-hybridized carbons (Fsp3) is 0.355. The topological polar surface area (TPSA) is 56.3 Å². The van der Waals surface area contributed by atoms with Crippen molar-refractivity contribution in [3.63, 3.8) is 0 Å². The third kappa shape index (κ3) is 4.52. The van der Waals surface area contributed by atoms with Gasteiger partial charge in [0.25, 0.3) is 5.91 Å². The van der Waals surface area contributed by atoms with Gasteiger partial charge in [-0.3, -0.25) is 9.59 Å². The van der Waals surface area contributed by atoms with Gasteiger partial charge in [0.15, 0.2) is 6.73 Å². The van der Waals surface area contributed by atoms with Crippen LogP contribution in [0.3, 0.4) is 0 Å². The lowest BCUT2D eigenvalue weighted by Gasteiger charge is -2.43. The lowest BCUT2D eigenvalue weighted by atomic mass is 9.85. The van der Waals surface area contributed by atoms with Gasteiger partial charge in [-0.05, 0) is 49.6 Å². The number of nitrogens with zero attached hydrogens (tertiary/aromatic N) is 4. The fourth-order valence-corrected chi connectivity index (χ4v) is 5.96. The predicted octanol–water partition coefficient (Wildman–Crippen LogP) is 4.13. The Morgan fingerprint density at radius 1 is 0.816 bits per heavy atom. The van der Waals surface area contributed by atoms with Crippen molar-refractivity contribution in [1.82, 2.24) is 14.7 Å². The van der Waals surface area contributed by atoms with Gasteiger partial charge in [-0.1, -0.05) is 60.2 Å². The second kappa shape index (κ2) is 10.1. The molecule has 38 heavy (non-hydrogen) atoms. The van der Waals surface area contributed by atoms with Crippen LogP contribution >= 0.6 is 0 Å². The number of aryl methyl sites for hydroxylation is 1. The van der Waals surface area contributed by atoms with Crippen LogP contribution in [0, 0.1) is 6.92 Å². The number of likely N-dealkylation sites (tertiary alicyclic amines) is 1. The normalized spacial score (nSPS) is 19.1. The summed E-state index contributed by atoms with van der Waals surface area (Å²) in [5.41, 5.74) is 3.56. The first kappa shape index (κ1) is 24.5. The van der Waals surface area contributed by atoms with Crippen molar-refractivity contribution >= 4 is 17.5 Å². The molecule has 2 saturated heterocycles. The number of carbonyl (C=O) groups excluding carboxylic acids is 2. The number of hydrogen-bond donors (Lipinski definition) is 0. The monoisotopic (exact) mass is 510 g/mol. The molecule has 6 rings (SSSR count). The Kier molecular flexibility index (Phi) is 6.54. The van der Waals surface area contributed by atoms with Gasteiger partial charge in [-0.2, -0.15) is 0 Å². The zero-order valence-electron chi connectivity index (χ0n) is 21.9. The van der Waals surface area contributed by atoms with Crippen molar-refractivity contribution in [1.29, 1.82) is 0 Å². The molecule has 2 amide bonds. The Balaban J connectivity index is 1.14. The summed E-state index contributed by atoms with van der Waals surface area (Å²) in [6.45, 7) is 6.57. The molecule has 0 saturated carbocycles. The Morgan fingerprint density at radius 2 is 1.53 bits per heavy atom. The maximum atomic E-state index is 14.0. The minimum absolute atomic E-state index is 0.0216. The van der Waals surface area contributed by atoms with Crippen LogP contribution in [-0.2, 0) is 11.3 Å². The number of carbonyl (C=O) groups is 2. The van der Waals surface area contributed by atoms with Crippen molar-refractivity contribution in [3.05, 3.63) is 95.6 Å². The summed E-state index contributed by atoms with van der Waals surface area (Å²) >= 11 is 0. The molecule has 196 valence electrons. The molecule has 1 spiro atoms. The summed E-state index contributed by atoms with van der Waals surface area (Å²) in [6, 6.07) is 26.2. The quantitative estimate of drug-likeness (QED) is 0.499. The van der Waals surface area contributed by atoms with Crippen LogP contribution in [0.2, 0.25) is 0 Å². The summed E-state index contributed by atoms with van der Waals surface area (Å²) in [5.74, 6) is 0.899. The van der Waals surface area contributed by atoms with Crippen LogP contribution in [0.15, 0.2) is 78.9 Å². The SMILES string of the molecule is Cc1ccc(CN2CN(c3ccccc3)C3(CCN(CCN4COc5ccccc5C4=O)CC3)C2=O)cc1. The van der Waals surface area contributed by atoms with E-state index in [2.05, 4.69) is 53.1 Å². The zero-order valence-corrected chi connectivity index (χ0v) is 21.9. The second-order valence-electron chi connectivity index (χ2n) is 10.6. The number of para-hydroxylation sites is 2. The highest BCUT2D eigenvalue weighted by Crippen LogP contribution is 2.40. The minimum atomic E-state index is -0.536. The fourth-order valence-electron chi connectivity index (χ4n) is 5.96. The molecule has 7 heteroatoms. The summed E-state index contributed by atoms with van der Waals surface area (Å²) < 4.78 is 5.80. The van der Waals surface area contributed by atoms with Gasteiger partial charge in [-0.15, -0.1) is 0 Å². The van der Waals surface area contributed by atoms with Crippen LogP contribution in [0.1, 0.15) is 34.3 Å². The highest BCUT2D eigenvalue weighted by atomic mass is 16.5. The van der Waals surface area contributed by atoms with Gasteiger partial charge < -0.3 is 24.3 Å². The molecule has 3 aliphatic heterocycles. The van der Waals surface area contributed by atoms with E-state index in [1.54, 1.807) is 4.90 Å². The summed E-state index contributed by atoms with van der Waals surface area (Å²) in [5, 5.41) is 0. The molecular weight excluding hydrogens is 476 g/mol. The number of rotatable bonds is 6. The number of ether oxygens (including phenoxy) is 1. The Morgan fingerprint density at radius 3 is 2.29 bits per heavy atom. The van der Waals surface area contributed by atoms with Gasteiger partial charge in [0, 0.05) is 38.4 Å². The van der Waals surface area contributed by atoms with Gasteiger partial charge in [0.1, 0.15) is 11.3 Å². The van der Waals surface area contributed by atoms with Crippen LogP contribution in [-0.4, -0.2) is 71.6 Å². The van der Waals surface area contributed by atoms with Crippen molar-refractivity contribution in [2.75, 3.05) is 44.5 Å². The summed E-state index contributed by atoms with van der Waals surface area (Å²) in [6.07, 6.45) is 1.52. The Hall–Kier alpha value is -3.84. The molecule has 3 aromatic rings. The molecule has 0 radical (unpaired) electrons. The number of fused-ring (bicyclic) bond motifs is 1. The van der Waals surface area contributed by atoms with E-state index in [1.165, 1.54) is 5.56 Å². The predicted molar refractivity (Wildman–Crippen MR) is 147 cm³/mol. The Labute approximate surface area is 224 Å². The third-order valence-corrected chi connectivity index (χ3v) is 8.23. The maximum Gasteiger partial charge on any atom is 0.260 e. The molecule has 0 aromatic heterocycles. The van der Waals surface area contributed by atoms with Crippen LogP contribution in [0.25, 0.3) is 0 Å². The van der Waals surface area contributed by atoms with Crippen molar-refractivity contribution in [3.8, 4) is 5.75 Å². The number of anilines is 1. The van der Waals surface area contributed by atoms with E-state index in [4.69, 9.17) is 4.74 Å². The van der Waals surface area contributed by atoms with E-state index in [0.29, 0.717) is 31.1 Å². The summed E-state index contributed by atoms with van der Waals surface area (Å²) in [4.78, 5) is 35.4. The molecule has 0 aliphatic carbocycles. The lowest BCUT2D eigenvalue weighted by Crippen LogP contribution is -2.57. The lowest BCUT2D eigenvalue weighted by molar-refractivity contribution is -0.134. The van der Waals surface area contributed by atoms with Gasteiger partial charge in [-0.25, -0.2) is 0 Å².